The lowest BCUT2D eigenvalue weighted by Crippen LogP contribution is -2.66. The number of allylic oxidation sites excluding steroid dienone is 7. The van der Waals surface area contributed by atoms with Crippen molar-refractivity contribution in [1.29, 1.82) is 0 Å². The summed E-state index contributed by atoms with van der Waals surface area (Å²) in [7, 11) is 0. The highest BCUT2D eigenvalue weighted by molar-refractivity contribution is 5.76. The van der Waals surface area contributed by atoms with E-state index in [-0.39, 0.29) is 18.9 Å². The molecule has 3 saturated heterocycles. The Morgan fingerprint density at radius 3 is 1.49 bits per heavy atom. The summed E-state index contributed by atoms with van der Waals surface area (Å²) in [5.74, 6) is -0.300. The van der Waals surface area contributed by atoms with Crippen LogP contribution in [0.2, 0.25) is 0 Å². The van der Waals surface area contributed by atoms with Crippen molar-refractivity contribution in [1.82, 2.24) is 5.32 Å². The van der Waals surface area contributed by atoms with Gasteiger partial charge >= 0.3 is 0 Å². The van der Waals surface area contributed by atoms with Gasteiger partial charge in [0.2, 0.25) is 5.91 Å². The lowest BCUT2D eigenvalue weighted by molar-refractivity contribution is -0.379. The second-order valence-corrected chi connectivity index (χ2v) is 18.3. The molecule has 3 rings (SSSR count). The zero-order valence-electron chi connectivity index (χ0n) is 40.8. The first-order valence-electron chi connectivity index (χ1n) is 25.4. The van der Waals surface area contributed by atoms with Crippen molar-refractivity contribution in [3.05, 3.63) is 48.6 Å². The number of aliphatic hydroxyl groups excluding tert-OH is 11. The predicted octanol–water partition coefficient (Wildman–Crippen LogP) is 1.58. The molecule has 1 amide bonds. The molecule has 0 radical (unpaired) electrons. The molecule has 0 bridgehead atoms. The van der Waals surface area contributed by atoms with Gasteiger partial charge in [-0.1, -0.05) is 114 Å². The van der Waals surface area contributed by atoms with Crippen molar-refractivity contribution in [2.75, 3.05) is 26.4 Å². The molecule has 0 spiro atoms. The normalized spacial score (nSPS) is 33.3. The highest BCUT2D eigenvalue weighted by Crippen LogP contribution is 2.33. The Kier molecular flexibility index (Phi) is 31.0. The van der Waals surface area contributed by atoms with Crippen LogP contribution < -0.4 is 5.32 Å². The minimum Gasteiger partial charge on any atom is -0.394 e. The van der Waals surface area contributed by atoms with Gasteiger partial charge in [-0.2, -0.15) is 0 Å². The summed E-state index contributed by atoms with van der Waals surface area (Å²) in [5.41, 5.74) is 0. The fourth-order valence-electron chi connectivity index (χ4n) is 8.31. The third-order valence-corrected chi connectivity index (χ3v) is 12.6. The van der Waals surface area contributed by atoms with Crippen molar-refractivity contribution in [2.45, 2.75) is 234 Å². The maximum atomic E-state index is 13.1. The van der Waals surface area contributed by atoms with Crippen LogP contribution in [0.4, 0.5) is 0 Å². The first-order valence-corrected chi connectivity index (χ1v) is 25.4. The van der Waals surface area contributed by atoms with Crippen molar-refractivity contribution in [2.24, 2.45) is 0 Å². The minimum atomic E-state index is -1.98. The van der Waals surface area contributed by atoms with Crippen LogP contribution >= 0.6 is 0 Å². The van der Waals surface area contributed by atoms with E-state index in [0.29, 0.717) is 6.42 Å². The molecular formula is C50H87NO18. The highest BCUT2D eigenvalue weighted by atomic mass is 16.8. The van der Waals surface area contributed by atoms with Gasteiger partial charge in [-0.3, -0.25) is 4.79 Å². The third-order valence-electron chi connectivity index (χ3n) is 12.6. The van der Waals surface area contributed by atoms with Gasteiger partial charge in [-0.25, -0.2) is 0 Å². The molecule has 3 heterocycles. The smallest absolute Gasteiger partial charge is 0.220 e. The Hall–Kier alpha value is -2.25. The molecule has 3 aliphatic rings. The first-order chi connectivity index (χ1) is 33.3. The second-order valence-electron chi connectivity index (χ2n) is 18.3. The Bertz CT molecular complexity index is 1460. The third kappa shape index (κ3) is 21.0. The molecule has 0 aromatic heterocycles. The van der Waals surface area contributed by atoms with Crippen molar-refractivity contribution < 1.29 is 89.4 Å². The average molecular weight is 990 g/mol. The van der Waals surface area contributed by atoms with Crippen LogP contribution in [0.5, 0.6) is 0 Å². The lowest BCUT2D eigenvalue weighted by Gasteiger charge is -2.48. The van der Waals surface area contributed by atoms with Crippen LogP contribution in [0.25, 0.3) is 0 Å². The minimum absolute atomic E-state index is 0.225. The van der Waals surface area contributed by atoms with E-state index in [1.54, 1.807) is 6.08 Å². The summed E-state index contributed by atoms with van der Waals surface area (Å²) in [6.45, 7) is 1.51. The Morgan fingerprint density at radius 2 is 0.957 bits per heavy atom. The molecule has 3 fully saturated rings. The van der Waals surface area contributed by atoms with Gasteiger partial charge in [0.15, 0.2) is 18.9 Å². The largest absolute Gasteiger partial charge is 0.394 e. The Balaban J connectivity index is 1.48. The van der Waals surface area contributed by atoms with Gasteiger partial charge in [-0.05, 0) is 57.8 Å². The standard InChI is InChI=1S/C50H87NO18/c1-3-5-7-9-10-11-12-13-14-15-16-17-18-19-20-21-22-24-26-28-38(56)51-33(34(55)27-25-23-8-6-4-2)32-64-48-44(62)41(59)46(36(30-53)66-48)69-50-45(63)42(60)47(37(31-54)67-50)68-49-43(61)40(58)39(57)35(29-52)65-49/h10-11,13-14,16-17,25,27,33-37,39-50,52-55,57-63H,3-9,12,15,18-24,26,28-32H2,1-2H3,(H,51,56)/b11-10-,14-13-,17-16-,27-25+. The number of carbonyl (C=O) groups is 1. The number of rotatable bonds is 34. The summed E-state index contributed by atoms with van der Waals surface area (Å²) >= 11 is 0. The molecule has 69 heavy (non-hydrogen) atoms. The van der Waals surface area contributed by atoms with Crippen molar-refractivity contribution >= 4 is 5.91 Å². The number of unbranched alkanes of at least 4 members (excludes halogenated alkanes) is 12. The van der Waals surface area contributed by atoms with E-state index in [2.05, 4.69) is 55.6 Å². The fourth-order valence-corrected chi connectivity index (χ4v) is 8.31. The maximum absolute atomic E-state index is 13.1. The SMILES string of the molecule is CCCCC/C=C\C/C=C\C/C=C\CCCCCCCCC(=O)NC(COC1OC(CO)C(OC2OC(CO)C(OC3OC(CO)C(O)C(O)C3O)C(O)C2O)C(O)C1O)C(O)/C=C/CCCCC. The van der Waals surface area contributed by atoms with Gasteiger partial charge in [0, 0.05) is 6.42 Å². The molecular weight excluding hydrogens is 903 g/mol. The van der Waals surface area contributed by atoms with Crippen LogP contribution in [0, 0.1) is 0 Å². The number of aliphatic hydroxyl groups is 11. The predicted molar refractivity (Wildman–Crippen MR) is 254 cm³/mol. The molecule has 0 saturated carbocycles. The molecule has 0 aliphatic carbocycles. The molecule has 19 nitrogen and oxygen atoms in total. The number of carbonyl (C=O) groups excluding carboxylic acids is 1. The fraction of sp³-hybridized carbons (Fsp3) is 0.820. The van der Waals surface area contributed by atoms with Crippen LogP contribution in [0.3, 0.4) is 0 Å². The van der Waals surface area contributed by atoms with E-state index >= 15 is 0 Å². The zero-order valence-corrected chi connectivity index (χ0v) is 40.8. The number of hydrogen-bond donors (Lipinski definition) is 12. The van der Waals surface area contributed by atoms with Gasteiger partial charge in [0.05, 0.1) is 38.6 Å². The molecule has 0 aromatic carbocycles. The van der Waals surface area contributed by atoms with E-state index in [9.17, 15) is 61.0 Å². The van der Waals surface area contributed by atoms with Gasteiger partial charge in [-0.15, -0.1) is 0 Å². The molecule has 17 atom stereocenters. The molecule has 12 N–H and O–H groups in total. The summed E-state index contributed by atoms with van der Waals surface area (Å²) in [4.78, 5) is 13.1. The Labute approximate surface area is 408 Å². The molecule has 19 heteroatoms. The van der Waals surface area contributed by atoms with Crippen molar-refractivity contribution in [3.63, 3.8) is 0 Å². The molecule has 17 unspecified atom stereocenters. The maximum Gasteiger partial charge on any atom is 0.220 e. The van der Waals surface area contributed by atoms with E-state index in [4.69, 9.17) is 28.4 Å². The van der Waals surface area contributed by atoms with Gasteiger partial charge < -0.3 is 89.9 Å². The highest BCUT2D eigenvalue weighted by Gasteiger charge is 2.53. The van der Waals surface area contributed by atoms with E-state index in [0.717, 1.165) is 83.5 Å². The average Bonchev–Trinajstić information content (AvgIpc) is 3.34. The molecule has 400 valence electrons. The van der Waals surface area contributed by atoms with Crippen LogP contribution in [-0.2, 0) is 33.2 Å². The first kappa shape index (κ1) is 61.1. The van der Waals surface area contributed by atoms with Crippen LogP contribution in [0.15, 0.2) is 48.6 Å². The Morgan fingerprint density at radius 1 is 0.522 bits per heavy atom. The number of amides is 1. The monoisotopic (exact) mass is 990 g/mol. The van der Waals surface area contributed by atoms with E-state index in [1.807, 2.05) is 6.08 Å². The lowest BCUT2D eigenvalue weighted by atomic mass is 9.96. The van der Waals surface area contributed by atoms with Crippen LogP contribution in [0.1, 0.15) is 129 Å². The molecule has 0 aromatic rings. The molecule has 3 aliphatic heterocycles. The zero-order chi connectivity index (χ0) is 50.6. The van der Waals surface area contributed by atoms with Gasteiger partial charge in [0.1, 0.15) is 73.2 Å². The number of nitrogens with one attached hydrogen (secondary N) is 1. The summed E-state index contributed by atoms with van der Waals surface area (Å²) in [5, 5.41) is 119. The summed E-state index contributed by atoms with van der Waals surface area (Å²) < 4.78 is 33.9. The quantitative estimate of drug-likeness (QED) is 0.0322. The number of ether oxygens (including phenoxy) is 6. The second kappa shape index (κ2) is 35.0. The van der Waals surface area contributed by atoms with E-state index < -0.39 is 124 Å². The summed E-state index contributed by atoms with van der Waals surface area (Å²) in [6.07, 6.45) is 7.52. The summed E-state index contributed by atoms with van der Waals surface area (Å²) in [6, 6.07) is -0.976. The van der Waals surface area contributed by atoms with Crippen molar-refractivity contribution in [3.8, 4) is 0 Å². The number of hydrogen-bond acceptors (Lipinski definition) is 18. The van der Waals surface area contributed by atoms with Crippen LogP contribution in [-0.4, -0.2) is 193 Å². The van der Waals surface area contributed by atoms with E-state index in [1.165, 1.54) is 19.3 Å². The van der Waals surface area contributed by atoms with Gasteiger partial charge in [0.25, 0.3) is 0 Å². The topological polar surface area (TPSA) is 307 Å².